The summed E-state index contributed by atoms with van der Waals surface area (Å²) in [6.07, 6.45) is -0.146. The number of hydrogen-bond donors (Lipinski definition) is 3. The molecule has 1 aromatic heterocycles. The minimum atomic E-state index is -0.906. The standard InChI is InChI=1S/C11H19N3O2/c1-12-7-9(15)11(16)8-4-5-10(13-6-8)14(2)3/h4-6,9,11-12,15-16H,7H2,1-3H3. The third kappa shape index (κ3) is 3.16. The molecule has 0 aromatic carbocycles. The van der Waals surface area contributed by atoms with Crippen LogP contribution in [-0.2, 0) is 0 Å². The zero-order valence-corrected chi connectivity index (χ0v) is 9.88. The molecule has 90 valence electrons. The lowest BCUT2D eigenvalue weighted by atomic mass is 10.1. The number of aliphatic hydroxyl groups is 2. The van der Waals surface area contributed by atoms with Gasteiger partial charge in [-0.3, -0.25) is 0 Å². The topological polar surface area (TPSA) is 68.6 Å². The number of aliphatic hydroxyl groups excluding tert-OH is 2. The van der Waals surface area contributed by atoms with Gasteiger partial charge in [-0.2, -0.15) is 0 Å². The number of pyridine rings is 1. The van der Waals surface area contributed by atoms with E-state index in [-0.39, 0.29) is 0 Å². The first kappa shape index (κ1) is 12.9. The molecule has 1 heterocycles. The van der Waals surface area contributed by atoms with Crippen molar-refractivity contribution in [1.82, 2.24) is 10.3 Å². The van der Waals surface area contributed by atoms with E-state index >= 15 is 0 Å². The summed E-state index contributed by atoms with van der Waals surface area (Å²) in [7, 11) is 5.52. The fourth-order valence-electron chi connectivity index (χ4n) is 1.38. The van der Waals surface area contributed by atoms with Crippen molar-refractivity contribution in [3.05, 3.63) is 23.9 Å². The van der Waals surface area contributed by atoms with Crippen molar-refractivity contribution >= 4 is 5.82 Å². The molecule has 5 heteroatoms. The Labute approximate surface area is 95.7 Å². The van der Waals surface area contributed by atoms with Crippen molar-refractivity contribution in [1.29, 1.82) is 0 Å². The van der Waals surface area contributed by atoms with Crippen molar-refractivity contribution in [2.24, 2.45) is 0 Å². The van der Waals surface area contributed by atoms with E-state index in [4.69, 9.17) is 0 Å². The first-order valence-electron chi connectivity index (χ1n) is 5.20. The van der Waals surface area contributed by atoms with Crippen molar-refractivity contribution in [3.8, 4) is 0 Å². The summed E-state index contributed by atoms with van der Waals surface area (Å²) in [5, 5.41) is 22.2. The Morgan fingerprint density at radius 1 is 1.38 bits per heavy atom. The Bertz CT molecular complexity index is 314. The fraction of sp³-hybridized carbons (Fsp3) is 0.545. The fourth-order valence-corrected chi connectivity index (χ4v) is 1.38. The second-order valence-electron chi connectivity index (χ2n) is 3.91. The molecule has 0 aliphatic heterocycles. The summed E-state index contributed by atoms with van der Waals surface area (Å²) in [5.74, 6) is 0.819. The monoisotopic (exact) mass is 225 g/mol. The van der Waals surface area contributed by atoms with E-state index in [0.717, 1.165) is 5.82 Å². The third-order valence-electron chi connectivity index (χ3n) is 2.35. The van der Waals surface area contributed by atoms with Crippen LogP contribution in [0, 0.1) is 0 Å². The van der Waals surface area contributed by atoms with Gasteiger partial charge in [0, 0.05) is 32.4 Å². The van der Waals surface area contributed by atoms with Crippen molar-refractivity contribution in [3.63, 3.8) is 0 Å². The summed E-state index contributed by atoms with van der Waals surface area (Å²) < 4.78 is 0. The lowest BCUT2D eigenvalue weighted by Crippen LogP contribution is -2.29. The van der Waals surface area contributed by atoms with Gasteiger partial charge in [0.2, 0.25) is 0 Å². The predicted molar refractivity (Wildman–Crippen MR) is 63.5 cm³/mol. The van der Waals surface area contributed by atoms with Gasteiger partial charge in [0.25, 0.3) is 0 Å². The first-order valence-corrected chi connectivity index (χ1v) is 5.20. The number of anilines is 1. The molecule has 5 nitrogen and oxygen atoms in total. The van der Waals surface area contributed by atoms with E-state index in [1.165, 1.54) is 0 Å². The van der Waals surface area contributed by atoms with Gasteiger partial charge in [0.1, 0.15) is 11.9 Å². The average Bonchev–Trinajstić information content (AvgIpc) is 2.28. The highest BCUT2D eigenvalue weighted by molar-refractivity contribution is 5.37. The van der Waals surface area contributed by atoms with Crippen LogP contribution in [0.25, 0.3) is 0 Å². The molecule has 0 bridgehead atoms. The van der Waals surface area contributed by atoms with Crippen LogP contribution in [0.1, 0.15) is 11.7 Å². The third-order valence-corrected chi connectivity index (χ3v) is 2.35. The van der Waals surface area contributed by atoms with Crippen LogP contribution in [-0.4, -0.2) is 49.0 Å². The highest BCUT2D eigenvalue weighted by atomic mass is 16.3. The second kappa shape index (κ2) is 5.79. The maximum absolute atomic E-state index is 9.81. The van der Waals surface area contributed by atoms with Crippen LogP contribution in [0.5, 0.6) is 0 Å². The van der Waals surface area contributed by atoms with Crippen molar-refractivity contribution in [2.45, 2.75) is 12.2 Å². The summed E-state index contributed by atoms with van der Waals surface area (Å²) in [6.45, 7) is 0.344. The molecule has 0 fully saturated rings. The highest BCUT2D eigenvalue weighted by Crippen LogP contribution is 2.17. The molecular weight excluding hydrogens is 206 g/mol. The number of aromatic nitrogens is 1. The smallest absolute Gasteiger partial charge is 0.127 e. The van der Waals surface area contributed by atoms with E-state index in [2.05, 4.69) is 10.3 Å². The molecule has 0 saturated heterocycles. The number of nitrogens with zero attached hydrogens (tertiary/aromatic N) is 2. The molecule has 1 aromatic rings. The van der Waals surface area contributed by atoms with E-state index in [1.54, 1.807) is 19.3 Å². The Morgan fingerprint density at radius 3 is 2.50 bits per heavy atom. The SMILES string of the molecule is CNCC(O)C(O)c1ccc(N(C)C)nc1. The zero-order valence-electron chi connectivity index (χ0n) is 9.88. The molecule has 0 saturated carbocycles. The molecular formula is C11H19N3O2. The molecule has 2 unspecified atom stereocenters. The zero-order chi connectivity index (χ0) is 12.1. The van der Waals surface area contributed by atoms with E-state index < -0.39 is 12.2 Å². The number of likely N-dealkylation sites (N-methyl/N-ethyl adjacent to an activating group) is 1. The van der Waals surface area contributed by atoms with Crippen LogP contribution in [0.4, 0.5) is 5.82 Å². The lowest BCUT2D eigenvalue weighted by Gasteiger charge is -2.18. The average molecular weight is 225 g/mol. The van der Waals surface area contributed by atoms with Gasteiger partial charge in [-0.15, -0.1) is 0 Å². The quantitative estimate of drug-likeness (QED) is 0.645. The van der Waals surface area contributed by atoms with Crippen molar-refractivity contribution in [2.75, 3.05) is 32.6 Å². The normalized spacial score (nSPS) is 14.6. The van der Waals surface area contributed by atoms with Crippen LogP contribution in [0.15, 0.2) is 18.3 Å². The predicted octanol–water partition coefficient (Wildman–Crippen LogP) is -0.239. The molecule has 16 heavy (non-hydrogen) atoms. The summed E-state index contributed by atoms with van der Waals surface area (Å²) in [5.41, 5.74) is 0.619. The maximum Gasteiger partial charge on any atom is 0.127 e. The maximum atomic E-state index is 9.81. The Morgan fingerprint density at radius 2 is 2.06 bits per heavy atom. The van der Waals surface area contributed by atoms with Crippen LogP contribution in [0.3, 0.4) is 0 Å². The Balaban J connectivity index is 2.73. The van der Waals surface area contributed by atoms with E-state index in [9.17, 15) is 10.2 Å². The molecule has 0 aliphatic rings. The summed E-state index contributed by atoms with van der Waals surface area (Å²) in [6, 6.07) is 3.58. The first-order chi connectivity index (χ1) is 7.56. The highest BCUT2D eigenvalue weighted by Gasteiger charge is 2.17. The van der Waals surface area contributed by atoms with Crippen LogP contribution in [0.2, 0.25) is 0 Å². The van der Waals surface area contributed by atoms with Crippen molar-refractivity contribution < 1.29 is 10.2 Å². The minimum absolute atomic E-state index is 0.344. The molecule has 2 atom stereocenters. The summed E-state index contributed by atoms with van der Waals surface area (Å²) in [4.78, 5) is 6.05. The number of hydrogen-bond acceptors (Lipinski definition) is 5. The van der Waals surface area contributed by atoms with E-state index in [1.807, 2.05) is 25.1 Å². The molecule has 0 radical (unpaired) electrons. The van der Waals surface area contributed by atoms with Gasteiger partial charge in [-0.05, 0) is 13.1 Å². The molecule has 0 aliphatic carbocycles. The largest absolute Gasteiger partial charge is 0.389 e. The molecule has 1 rings (SSSR count). The molecule has 3 N–H and O–H groups in total. The van der Waals surface area contributed by atoms with Gasteiger partial charge in [-0.1, -0.05) is 6.07 Å². The minimum Gasteiger partial charge on any atom is -0.389 e. The number of nitrogens with one attached hydrogen (secondary N) is 1. The Hall–Kier alpha value is -1.17. The van der Waals surface area contributed by atoms with Crippen LogP contribution < -0.4 is 10.2 Å². The van der Waals surface area contributed by atoms with Gasteiger partial charge in [0.05, 0.1) is 6.10 Å². The van der Waals surface area contributed by atoms with Gasteiger partial charge in [0.15, 0.2) is 0 Å². The second-order valence-corrected chi connectivity index (χ2v) is 3.91. The Kier molecular flexibility index (Phi) is 4.67. The van der Waals surface area contributed by atoms with Gasteiger partial charge in [-0.25, -0.2) is 4.98 Å². The lowest BCUT2D eigenvalue weighted by molar-refractivity contribution is 0.0200. The molecule has 0 amide bonds. The summed E-state index contributed by atoms with van der Waals surface area (Å²) >= 11 is 0. The van der Waals surface area contributed by atoms with Crippen LogP contribution >= 0.6 is 0 Å². The van der Waals surface area contributed by atoms with Gasteiger partial charge < -0.3 is 20.4 Å². The molecule has 0 spiro atoms. The van der Waals surface area contributed by atoms with Gasteiger partial charge >= 0.3 is 0 Å². The van der Waals surface area contributed by atoms with E-state index in [0.29, 0.717) is 12.1 Å². The number of rotatable bonds is 5.